The second-order valence-electron chi connectivity index (χ2n) is 16.7. The molecule has 0 spiro atoms. The molecule has 0 aliphatic rings. The van der Waals surface area contributed by atoms with Crippen LogP contribution in [0, 0.1) is 0 Å². The standard InChI is InChI=1S/C53H94O6/c1-4-7-10-13-16-18-20-22-23-24-25-26-27-28-29-30-31-32-34-35-37-40-43-46-52(55)58-49-50(48-57-51(54)45-42-39-15-12-9-6-3)59-53(56)47-44-41-38-36-33-21-19-17-14-11-8-5-2/h7,10,16,18,22-23,25-26,50H,4-6,8-9,11-15,17,19-21,24,27-49H2,1-3H3/b10-7-,18-16-,23-22-,26-25-. The molecule has 1 unspecified atom stereocenters. The summed E-state index contributed by atoms with van der Waals surface area (Å²) in [6.45, 7) is 6.47. The SMILES string of the molecule is CC/C=C\C/C=C\C/C=C\C/C=C\CCCCCCCCCCCCC(=O)OCC(COC(=O)CCCCCCCC)OC(=O)CCCCCCCCCCCCCC. The van der Waals surface area contributed by atoms with Crippen LogP contribution in [0.1, 0.15) is 252 Å². The monoisotopic (exact) mass is 827 g/mol. The molecule has 0 amide bonds. The fourth-order valence-corrected chi connectivity index (χ4v) is 7.08. The molecule has 0 rings (SSSR count). The van der Waals surface area contributed by atoms with Gasteiger partial charge in [0.1, 0.15) is 13.2 Å². The van der Waals surface area contributed by atoms with E-state index >= 15 is 0 Å². The number of allylic oxidation sites excluding steroid dienone is 8. The normalized spacial score (nSPS) is 12.4. The van der Waals surface area contributed by atoms with Gasteiger partial charge in [0.25, 0.3) is 0 Å². The summed E-state index contributed by atoms with van der Waals surface area (Å²) in [6, 6.07) is 0. The lowest BCUT2D eigenvalue weighted by molar-refractivity contribution is -0.167. The maximum atomic E-state index is 12.7. The molecule has 0 aliphatic carbocycles. The maximum absolute atomic E-state index is 12.7. The summed E-state index contributed by atoms with van der Waals surface area (Å²) in [5.74, 6) is -0.880. The van der Waals surface area contributed by atoms with Crippen molar-refractivity contribution < 1.29 is 28.6 Å². The highest BCUT2D eigenvalue weighted by Gasteiger charge is 2.19. The van der Waals surface area contributed by atoms with Gasteiger partial charge in [0.05, 0.1) is 0 Å². The topological polar surface area (TPSA) is 78.9 Å². The number of ether oxygens (including phenoxy) is 3. The van der Waals surface area contributed by atoms with Gasteiger partial charge >= 0.3 is 17.9 Å². The van der Waals surface area contributed by atoms with E-state index in [0.717, 1.165) is 83.5 Å². The zero-order chi connectivity index (χ0) is 43.0. The Morgan fingerprint density at radius 1 is 0.356 bits per heavy atom. The fourth-order valence-electron chi connectivity index (χ4n) is 7.08. The minimum absolute atomic E-state index is 0.0720. The second-order valence-corrected chi connectivity index (χ2v) is 16.7. The predicted octanol–water partition coefficient (Wildman–Crippen LogP) is 16.3. The first-order valence-electron chi connectivity index (χ1n) is 25.1. The molecule has 0 fully saturated rings. The molecule has 0 aliphatic heterocycles. The van der Waals surface area contributed by atoms with Crippen LogP contribution < -0.4 is 0 Å². The number of hydrogen-bond donors (Lipinski definition) is 0. The van der Waals surface area contributed by atoms with Crippen molar-refractivity contribution in [2.45, 2.75) is 258 Å². The Morgan fingerprint density at radius 3 is 1.03 bits per heavy atom. The first-order valence-corrected chi connectivity index (χ1v) is 25.1. The molecule has 0 bridgehead atoms. The van der Waals surface area contributed by atoms with E-state index in [9.17, 15) is 14.4 Å². The summed E-state index contributed by atoms with van der Waals surface area (Å²) in [6.07, 6.45) is 56.9. The van der Waals surface area contributed by atoms with Crippen LogP contribution in [0.4, 0.5) is 0 Å². The highest BCUT2D eigenvalue weighted by atomic mass is 16.6. The molecule has 0 saturated carbocycles. The van der Waals surface area contributed by atoms with Gasteiger partial charge in [-0.15, -0.1) is 0 Å². The van der Waals surface area contributed by atoms with E-state index in [1.807, 2.05) is 0 Å². The second kappa shape index (κ2) is 48.0. The Kier molecular flexibility index (Phi) is 45.9. The average Bonchev–Trinajstić information content (AvgIpc) is 3.23. The van der Waals surface area contributed by atoms with E-state index in [2.05, 4.69) is 69.4 Å². The Balaban J connectivity index is 4.13. The zero-order valence-electron chi connectivity index (χ0n) is 39.0. The number of carbonyl (C=O) groups is 3. The van der Waals surface area contributed by atoms with E-state index in [4.69, 9.17) is 14.2 Å². The average molecular weight is 827 g/mol. The molecule has 6 heteroatoms. The molecule has 0 saturated heterocycles. The molecule has 0 aromatic heterocycles. The van der Waals surface area contributed by atoms with Crippen LogP contribution in [0.3, 0.4) is 0 Å². The van der Waals surface area contributed by atoms with Crippen LogP contribution in [0.5, 0.6) is 0 Å². The van der Waals surface area contributed by atoms with Gasteiger partial charge in [0.2, 0.25) is 0 Å². The van der Waals surface area contributed by atoms with Crippen LogP contribution in [-0.4, -0.2) is 37.2 Å². The van der Waals surface area contributed by atoms with Crippen LogP contribution in [0.15, 0.2) is 48.6 Å². The lowest BCUT2D eigenvalue weighted by Crippen LogP contribution is -2.30. The van der Waals surface area contributed by atoms with Gasteiger partial charge in [-0.3, -0.25) is 14.4 Å². The largest absolute Gasteiger partial charge is 0.462 e. The van der Waals surface area contributed by atoms with Gasteiger partial charge in [-0.25, -0.2) is 0 Å². The third-order valence-electron chi connectivity index (χ3n) is 10.8. The Bertz CT molecular complexity index is 1040. The molecular weight excluding hydrogens is 733 g/mol. The number of rotatable bonds is 45. The van der Waals surface area contributed by atoms with E-state index in [1.54, 1.807) is 0 Å². The number of unbranched alkanes of at least 4 members (excludes halogenated alkanes) is 26. The first kappa shape index (κ1) is 56.4. The summed E-state index contributed by atoms with van der Waals surface area (Å²) >= 11 is 0. The van der Waals surface area contributed by atoms with Crippen molar-refractivity contribution in [1.29, 1.82) is 0 Å². The number of hydrogen-bond acceptors (Lipinski definition) is 6. The van der Waals surface area contributed by atoms with Gasteiger partial charge in [-0.2, -0.15) is 0 Å². The van der Waals surface area contributed by atoms with Crippen LogP contribution in [0.2, 0.25) is 0 Å². The summed E-state index contributed by atoms with van der Waals surface area (Å²) < 4.78 is 16.7. The lowest BCUT2D eigenvalue weighted by Gasteiger charge is -2.18. The van der Waals surface area contributed by atoms with Gasteiger partial charge in [0, 0.05) is 19.3 Å². The summed E-state index contributed by atoms with van der Waals surface area (Å²) in [5.41, 5.74) is 0. The predicted molar refractivity (Wildman–Crippen MR) is 252 cm³/mol. The maximum Gasteiger partial charge on any atom is 0.306 e. The Labute approximate surface area is 365 Å². The third-order valence-corrected chi connectivity index (χ3v) is 10.8. The Hall–Kier alpha value is -2.63. The highest BCUT2D eigenvalue weighted by Crippen LogP contribution is 2.15. The molecule has 342 valence electrons. The summed E-state index contributed by atoms with van der Waals surface area (Å²) in [5, 5.41) is 0. The molecule has 59 heavy (non-hydrogen) atoms. The summed E-state index contributed by atoms with van der Waals surface area (Å²) in [4.78, 5) is 37.7. The molecule has 0 aromatic carbocycles. The zero-order valence-corrected chi connectivity index (χ0v) is 39.0. The van der Waals surface area contributed by atoms with Crippen LogP contribution >= 0.6 is 0 Å². The molecule has 6 nitrogen and oxygen atoms in total. The van der Waals surface area contributed by atoms with Gasteiger partial charge in [-0.05, 0) is 57.8 Å². The van der Waals surface area contributed by atoms with Crippen LogP contribution in [0.25, 0.3) is 0 Å². The van der Waals surface area contributed by atoms with Gasteiger partial charge < -0.3 is 14.2 Å². The summed E-state index contributed by atoms with van der Waals surface area (Å²) in [7, 11) is 0. The first-order chi connectivity index (χ1) is 29.0. The van der Waals surface area contributed by atoms with Gasteiger partial charge in [-0.1, -0.05) is 223 Å². The minimum Gasteiger partial charge on any atom is -0.462 e. The van der Waals surface area contributed by atoms with Crippen LogP contribution in [-0.2, 0) is 28.6 Å². The molecule has 1 atom stereocenters. The van der Waals surface area contributed by atoms with Crippen molar-refractivity contribution in [3.63, 3.8) is 0 Å². The molecule has 0 aromatic rings. The van der Waals surface area contributed by atoms with Crippen molar-refractivity contribution in [2.24, 2.45) is 0 Å². The van der Waals surface area contributed by atoms with E-state index in [0.29, 0.717) is 19.3 Å². The van der Waals surface area contributed by atoms with Crippen molar-refractivity contribution >= 4 is 17.9 Å². The lowest BCUT2D eigenvalue weighted by atomic mass is 10.0. The highest BCUT2D eigenvalue weighted by molar-refractivity contribution is 5.71. The van der Waals surface area contributed by atoms with Crippen molar-refractivity contribution in [1.82, 2.24) is 0 Å². The molecular formula is C53H94O6. The Morgan fingerprint density at radius 2 is 0.661 bits per heavy atom. The van der Waals surface area contributed by atoms with E-state index in [1.165, 1.54) is 128 Å². The van der Waals surface area contributed by atoms with Crippen molar-refractivity contribution in [2.75, 3.05) is 13.2 Å². The smallest absolute Gasteiger partial charge is 0.306 e. The number of esters is 3. The van der Waals surface area contributed by atoms with E-state index < -0.39 is 6.10 Å². The quantitative estimate of drug-likeness (QED) is 0.0263. The van der Waals surface area contributed by atoms with Crippen molar-refractivity contribution in [3.05, 3.63) is 48.6 Å². The molecule has 0 heterocycles. The fraction of sp³-hybridized carbons (Fsp3) is 0.792. The minimum atomic E-state index is -0.767. The van der Waals surface area contributed by atoms with Gasteiger partial charge in [0.15, 0.2) is 6.10 Å². The molecule has 0 radical (unpaired) electrons. The van der Waals surface area contributed by atoms with Crippen molar-refractivity contribution in [3.8, 4) is 0 Å². The number of carbonyl (C=O) groups excluding carboxylic acids is 3. The van der Waals surface area contributed by atoms with E-state index in [-0.39, 0.29) is 31.1 Å². The third kappa shape index (κ3) is 46.3. The molecule has 0 N–H and O–H groups in total.